The Labute approximate surface area is 125 Å². The van der Waals surface area contributed by atoms with Crippen molar-refractivity contribution in [3.8, 4) is 0 Å². The van der Waals surface area contributed by atoms with Crippen LogP contribution in [0.1, 0.15) is 15.9 Å². The normalized spacial score (nSPS) is 13.5. The summed E-state index contributed by atoms with van der Waals surface area (Å²) in [5.41, 5.74) is 0.829. The van der Waals surface area contributed by atoms with Gasteiger partial charge in [-0.05, 0) is 24.3 Å². The van der Waals surface area contributed by atoms with Crippen molar-refractivity contribution in [2.45, 2.75) is 6.54 Å². The number of hydrogen-bond acceptors (Lipinski definition) is 4. The molecule has 5 nitrogen and oxygen atoms in total. The smallest absolute Gasteiger partial charge is 0.337 e. The molecule has 0 amide bonds. The zero-order valence-corrected chi connectivity index (χ0v) is 11.5. The SMILES string of the molecule is O=C(O)c1cnc2c(c1)N(Cc1cc(F)ccc1F)CCN2. The molecule has 1 aromatic heterocycles. The summed E-state index contributed by atoms with van der Waals surface area (Å²) in [6, 6.07) is 4.77. The standard InChI is InChI=1S/C15H13F2N3O2/c16-11-1-2-12(17)10(5-11)8-20-4-3-18-14-13(20)6-9(7-19-14)15(21)22/h1-2,5-7H,3-4,8H2,(H,18,19)(H,21,22). The molecule has 0 bridgehead atoms. The first-order chi connectivity index (χ1) is 10.5. The second kappa shape index (κ2) is 5.59. The van der Waals surface area contributed by atoms with Crippen LogP contribution >= 0.6 is 0 Å². The highest BCUT2D eigenvalue weighted by atomic mass is 19.1. The third-order valence-electron chi connectivity index (χ3n) is 3.50. The van der Waals surface area contributed by atoms with E-state index in [9.17, 15) is 13.6 Å². The summed E-state index contributed by atoms with van der Waals surface area (Å²) in [6.45, 7) is 1.26. The Morgan fingerprint density at radius 3 is 2.95 bits per heavy atom. The van der Waals surface area contributed by atoms with Gasteiger partial charge in [0.25, 0.3) is 0 Å². The molecule has 0 aliphatic carbocycles. The molecule has 2 aromatic rings. The maximum absolute atomic E-state index is 13.8. The number of carbonyl (C=O) groups is 1. The summed E-state index contributed by atoms with van der Waals surface area (Å²) in [5.74, 6) is -1.56. The lowest BCUT2D eigenvalue weighted by atomic mass is 10.1. The summed E-state index contributed by atoms with van der Waals surface area (Å²) in [7, 11) is 0. The molecular formula is C15H13F2N3O2. The third kappa shape index (κ3) is 2.69. The summed E-state index contributed by atoms with van der Waals surface area (Å²) in [6.07, 6.45) is 1.26. The van der Waals surface area contributed by atoms with Gasteiger partial charge in [-0.15, -0.1) is 0 Å². The molecule has 22 heavy (non-hydrogen) atoms. The monoisotopic (exact) mass is 305 g/mol. The minimum atomic E-state index is -1.09. The van der Waals surface area contributed by atoms with Gasteiger partial charge in [0.05, 0.1) is 11.3 Å². The Bertz CT molecular complexity index is 737. The zero-order chi connectivity index (χ0) is 15.7. The van der Waals surface area contributed by atoms with Crippen LogP contribution in [0.3, 0.4) is 0 Å². The number of benzene rings is 1. The van der Waals surface area contributed by atoms with E-state index in [1.165, 1.54) is 12.3 Å². The fourth-order valence-electron chi connectivity index (χ4n) is 2.41. The Morgan fingerprint density at radius 2 is 2.18 bits per heavy atom. The lowest BCUT2D eigenvalue weighted by Crippen LogP contribution is -2.34. The van der Waals surface area contributed by atoms with Crippen LogP contribution in [-0.2, 0) is 6.54 Å². The molecule has 0 spiro atoms. The predicted molar refractivity (Wildman–Crippen MR) is 77.1 cm³/mol. The van der Waals surface area contributed by atoms with Gasteiger partial charge in [-0.3, -0.25) is 0 Å². The number of nitrogens with one attached hydrogen (secondary N) is 1. The number of aromatic nitrogens is 1. The summed E-state index contributed by atoms with van der Waals surface area (Å²) in [5, 5.41) is 12.1. The van der Waals surface area contributed by atoms with Gasteiger partial charge in [0, 0.05) is 31.4 Å². The number of fused-ring (bicyclic) bond motifs is 1. The number of hydrogen-bond donors (Lipinski definition) is 2. The first-order valence-electron chi connectivity index (χ1n) is 6.70. The van der Waals surface area contributed by atoms with Crippen molar-refractivity contribution in [1.29, 1.82) is 0 Å². The molecule has 2 heterocycles. The number of carboxylic acid groups (broad SMARTS) is 1. The molecule has 1 aromatic carbocycles. The average Bonchev–Trinajstić information content (AvgIpc) is 2.50. The number of aromatic carboxylic acids is 1. The van der Waals surface area contributed by atoms with E-state index < -0.39 is 17.6 Å². The molecule has 3 rings (SSSR count). The van der Waals surface area contributed by atoms with Crippen LogP contribution in [0.25, 0.3) is 0 Å². The predicted octanol–water partition coefficient (Wildman–Crippen LogP) is 2.49. The summed E-state index contributed by atoms with van der Waals surface area (Å²) >= 11 is 0. The van der Waals surface area contributed by atoms with E-state index >= 15 is 0 Å². The largest absolute Gasteiger partial charge is 0.478 e. The van der Waals surface area contributed by atoms with Gasteiger partial charge in [-0.25, -0.2) is 18.6 Å². The van der Waals surface area contributed by atoms with Crippen molar-refractivity contribution in [2.24, 2.45) is 0 Å². The lowest BCUT2D eigenvalue weighted by molar-refractivity contribution is 0.0696. The second-order valence-electron chi connectivity index (χ2n) is 4.98. The van der Waals surface area contributed by atoms with Crippen LogP contribution < -0.4 is 10.2 Å². The fraction of sp³-hybridized carbons (Fsp3) is 0.200. The number of carboxylic acids is 1. The van der Waals surface area contributed by atoms with Crippen molar-refractivity contribution in [1.82, 2.24) is 4.98 Å². The highest BCUT2D eigenvalue weighted by molar-refractivity contribution is 5.90. The molecule has 1 aliphatic rings. The van der Waals surface area contributed by atoms with Crippen LogP contribution in [0.4, 0.5) is 20.3 Å². The maximum atomic E-state index is 13.8. The lowest BCUT2D eigenvalue weighted by Gasteiger charge is -2.31. The Kier molecular flexibility index (Phi) is 3.62. The molecule has 0 unspecified atom stereocenters. The van der Waals surface area contributed by atoms with Crippen LogP contribution in [0, 0.1) is 11.6 Å². The van der Waals surface area contributed by atoms with Crippen LogP contribution in [-0.4, -0.2) is 29.1 Å². The third-order valence-corrected chi connectivity index (χ3v) is 3.50. The highest BCUT2D eigenvalue weighted by Crippen LogP contribution is 2.29. The van der Waals surface area contributed by atoms with E-state index in [-0.39, 0.29) is 17.7 Å². The van der Waals surface area contributed by atoms with Gasteiger partial charge in [0.15, 0.2) is 0 Å². The molecule has 0 saturated carbocycles. The number of nitrogens with zero attached hydrogens (tertiary/aromatic N) is 2. The van der Waals surface area contributed by atoms with Gasteiger partial charge >= 0.3 is 5.97 Å². The van der Waals surface area contributed by atoms with Gasteiger partial charge in [-0.1, -0.05) is 0 Å². The van der Waals surface area contributed by atoms with E-state index in [4.69, 9.17) is 5.11 Å². The minimum Gasteiger partial charge on any atom is -0.478 e. The van der Waals surface area contributed by atoms with Crippen molar-refractivity contribution in [3.05, 3.63) is 53.2 Å². The second-order valence-corrected chi connectivity index (χ2v) is 4.98. The molecule has 1 aliphatic heterocycles. The van der Waals surface area contributed by atoms with Crippen LogP contribution in [0.5, 0.6) is 0 Å². The van der Waals surface area contributed by atoms with Crippen molar-refractivity contribution >= 4 is 17.5 Å². The van der Waals surface area contributed by atoms with E-state index in [1.807, 2.05) is 0 Å². The average molecular weight is 305 g/mol. The molecule has 0 atom stereocenters. The van der Waals surface area contributed by atoms with Gasteiger partial charge in [0.2, 0.25) is 0 Å². The quantitative estimate of drug-likeness (QED) is 0.912. The zero-order valence-electron chi connectivity index (χ0n) is 11.5. The highest BCUT2D eigenvalue weighted by Gasteiger charge is 2.21. The fourth-order valence-corrected chi connectivity index (χ4v) is 2.41. The van der Waals surface area contributed by atoms with Crippen LogP contribution in [0.2, 0.25) is 0 Å². The molecule has 7 heteroatoms. The Hall–Kier alpha value is -2.70. The van der Waals surface area contributed by atoms with Gasteiger partial charge < -0.3 is 15.3 Å². The number of anilines is 2. The van der Waals surface area contributed by atoms with E-state index in [2.05, 4.69) is 10.3 Å². The number of rotatable bonds is 3. The van der Waals surface area contributed by atoms with Gasteiger partial charge in [0.1, 0.15) is 17.5 Å². The molecule has 0 fully saturated rings. The summed E-state index contributed by atoms with van der Waals surface area (Å²) in [4.78, 5) is 16.9. The van der Waals surface area contributed by atoms with E-state index in [0.29, 0.717) is 24.6 Å². The van der Waals surface area contributed by atoms with Crippen molar-refractivity contribution < 1.29 is 18.7 Å². The first-order valence-corrected chi connectivity index (χ1v) is 6.70. The summed E-state index contributed by atoms with van der Waals surface area (Å²) < 4.78 is 27.1. The number of pyridine rings is 1. The topological polar surface area (TPSA) is 65.5 Å². The minimum absolute atomic E-state index is 0.0483. The van der Waals surface area contributed by atoms with Crippen molar-refractivity contribution in [3.63, 3.8) is 0 Å². The first kappa shape index (κ1) is 14.2. The molecule has 0 radical (unpaired) electrons. The molecule has 2 N–H and O–H groups in total. The van der Waals surface area contributed by atoms with E-state index in [0.717, 1.165) is 18.2 Å². The molecular weight excluding hydrogens is 292 g/mol. The van der Waals surface area contributed by atoms with Crippen molar-refractivity contribution in [2.75, 3.05) is 23.3 Å². The van der Waals surface area contributed by atoms with Gasteiger partial charge in [-0.2, -0.15) is 0 Å². The Balaban J connectivity index is 1.95. The van der Waals surface area contributed by atoms with Crippen LogP contribution in [0.15, 0.2) is 30.5 Å². The molecule has 114 valence electrons. The maximum Gasteiger partial charge on any atom is 0.337 e. The number of halogens is 2. The Morgan fingerprint density at radius 1 is 1.36 bits per heavy atom. The van der Waals surface area contributed by atoms with E-state index in [1.54, 1.807) is 4.90 Å². The molecule has 0 saturated heterocycles.